The van der Waals surface area contributed by atoms with Crippen LogP contribution in [0, 0.1) is 6.92 Å². The van der Waals surface area contributed by atoms with E-state index in [1.165, 1.54) is 18.4 Å². The zero-order valence-electron chi connectivity index (χ0n) is 11.6. The van der Waals surface area contributed by atoms with E-state index < -0.39 is 5.60 Å². The van der Waals surface area contributed by atoms with Crippen molar-refractivity contribution >= 4 is 11.3 Å². The third kappa shape index (κ3) is 2.58. The molecule has 3 heteroatoms. The van der Waals surface area contributed by atoms with Gasteiger partial charge in [-0.1, -0.05) is 23.8 Å². The number of benzene rings is 1. The van der Waals surface area contributed by atoms with Crippen LogP contribution in [-0.4, -0.2) is 10.1 Å². The summed E-state index contributed by atoms with van der Waals surface area (Å²) in [5.74, 6) is 0.566. The second-order valence-electron chi connectivity index (χ2n) is 5.94. The number of nitrogens with zero attached hydrogens (tertiary/aromatic N) is 1. The van der Waals surface area contributed by atoms with E-state index in [9.17, 15) is 5.11 Å². The highest BCUT2D eigenvalue weighted by molar-refractivity contribution is 7.15. The Kier molecular flexibility index (Phi) is 2.99. The third-order valence-corrected chi connectivity index (χ3v) is 4.87. The molecule has 1 fully saturated rings. The fraction of sp³-hybridized carbons (Fsp3) is 0.438. The first-order chi connectivity index (χ1) is 8.95. The molecule has 0 saturated heterocycles. The normalized spacial score (nSPS) is 15.8. The molecule has 0 aliphatic heterocycles. The van der Waals surface area contributed by atoms with E-state index >= 15 is 0 Å². The lowest BCUT2D eigenvalue weighted by Crippen LogP contribution is -2.15. The minimum Gasteiger partial charge on any atom is -0.385 e. The summed E-state index contributed by atoms with van der Waals surface area (Å²) in [6.45, 7) is 5.80. The van der Waals surface area contributed by atoms with Crippen molar-refractivity contribution < 1.29 is 5.11 Å². The van der Waals surface area contributed by atoms with Crippen LogP contribution in [0.2, 0.25) is 0 Å². The maximum absolute atomic E-state index is 10.3. The van der Waals surface area contributed by atoms with Crippen molar-refractivity contribution in [3.05, 3.63) is 40.4 Å². The highest BCUT2D eigenvalue weighted by Crippen LogP contribution is 2.47. The van der Waals surface area contributed by atoms with Gasteiger partial charge in [0.05, 0.1) is 16.2 Å². The Morgan fingerprint density at radius 2 is 2.05 bits per heavy atom. The summed E-state index contributed by atoms with van der Waals surface area (Å²) in [6.07, 6.45) is 2.42. The van der Waals surface area contributed by atoms with Gasteiger partial charge >= 0.3 is 0 Å². The second-order valence-corrected chi connectivity index (χ2v) is 6.94. The molecule has 0 unspecified atom stereocenters. The summed E-state index contributed by atoms with van der Waals surface area (Å²) in [5.41, 5.74) is 2.72. The zero-order chi connectivity index (χ0) is 13.6. The van der Waals surface area contributed by atoms with Crippen LogP contribution in [-0.2, 0) is 5.60 Å². The molecule has 1 aliphatic rings. The summed E-state index contributed by atoms with van der Waals surface area (Å²) in [6, 6.07) is 8.41. The van der Waals surface area contributed by atoms with E-state index in [1.807, 2.05) is 13.8 Å². The number of hydrogen-bond donors (Lipinski definition) is 1. The van der Waals surface area contributed by atoms with Crippen molar-refractivity contribution in [1.29, 1.82) is 0 Å². The predicted molar refractivity (Wildman–Crippen MR) is 79.5 cm³/mol. The SMILES string of the molecule is Cc1cccc(-c2nc(C3CC3)c(C(C)(C)O)s2)c1. The van der Waals surface area contributed by atoms with Gasteiger partial charge in [-0.05, 0) is 39.7 Å². The molecule has 19 heavy (non-hydrogen) atoms. The van der Waals surface area contributed by atoms with E-state index in [1.54, 1.807) is 11.3 Å². The summed E-state index contributed by atoms with van der Waals surface area (Å²) < 4.78 is 0. The Morgan fingerprint density at radius 3 is 2.63 bits per heavy atom. The number of rotatable bonds is 3. The Bertz CT molecular complexity index is 605. The molecule has 1 saturated carbocycles. The molecule has 1 heterocycles. The van der Waals surface area contributed by atoms with Gasteiger partial charge in [-0.25, -0.2) is 4.98 Å². The topological polar surface area (TPSA) is 33.1 Å². The van der Waals surface area contributed by atoms with Gasteiger partial charge in [-0.3, -0.25) is 0 Å². The molecule has 0 atom stereocenters. The van der Waals surface area contributed by atoms with Crippen LogP contribution in [0.15, 0.2) is 24.3 Å². The monoisotopic (exact) mass is 273 g/mol. The molecule has 100 valence electrons. The largest absolute Gasteiger partial charge is 0.385 e. The van der Waals surface area contributed by atoms with Gasteiger partial charge in [0.25, 0.3) is 0 Å². The number of aliphatic hydroxyl groups is 1. The smallest absolute Gasteiger partial charge is 0.123 e. The standard InChI is InChI=1S/C16H19NOS/c1-10-5-4-6-12(9-10)15-17-13(11-7-8-11)14(19-15)16(2,3)18/h4-6,9,11,18H,7-8H2,1-3H3. The van der Waals surface area contributed by atoms with Gasteiger partial charge in [0.2, 0.25) is 0 Å². The Labute approximate surface area is 118 Å². The Balaban J connectivity index is 2.08. The van der Waals surface area contributed by atoms with Crippen LogP contribution in [0.4, 0.5) is 0 Å². The molecule has 0 amide bonds. The Morgan fingerprint density at radius 1 is 1.32 bits per heavy atom. The zero-order valence-corrected chi connectivity index (χ0v) is 12.4. The van der Waals surface area contributed by atoms with Gasteiger partial charge in [0, 0.05) is 11.5 Å². The van der Waals surface area contributed by atoms with Crippen molar-refractivity contribution in [3.63, 3.8) is 0 Å². The lowest BCUT2D eigenvalue weighted by Gasteiger charge is -2.16. The van der Waals surface area contributed by atoms with Crippen LogP contribution in [0.3, 0.4) is 0 Å². The quantitative estimate of drug-likeness (QED) is 0.908. The molecule has 0 bridgehead atoms. The van der Waals surface area contributed by atoms with Crippen molar-refractivity contribution in [2.45, 2.75) is 45.1 Å². The summed E-state index contributed by atoms with van der Waals surface area (Å²) in [7, 11) is 0. The number of aryl methyl sites for hydroxylation is 1. The fourth-order valence-corrected chi connectivity index (χ4v) is 3.45. The van der Waals surface area contributed by atoms with E-state index in [2.05, 4.69) is 31.2 Å². The maximum atomic E-state index is 10.3. The van der Waals surface area contributed by atoms with Crippen LogP contribution in [0.5, 0.6) is 0 Å². The first-order valence-electron chi connectivity index (χ1n) is 6.76. The molecule has 0 spiro atoms. The van der Waals surface area contributed by atoms with E-state index in [4.69, 9.17) is 4.98 Å². The van der Waals surface area contributed by atoms with Gasteiger partial charge in [-0.2, -0.15) is 0 Å². The summed E-state index contributed by atoms with van der Waals surface area (Å²) >= 11 is 1.64. The molecule has 1 aromatic heterocycles. The minimum absolute atomic E-state index is 0.566. The lowest BCUT2D eigenvalue weighted by atomic mass is 10.0. The van der Waals surface area contributed by atoms with Gasteiger partial charge in [0.15, 0.2) is 0 Å². The lowest BCUT2D eigenvalue weighted by molar-refractivity contribution is 0.0813. The number of hydrogen-bond acceptors (Lipinski definition) is 3. The van der Waals surface area contributed by atoms with E-state index in [0.29, 0.717) is 5.92 Å². The van der Waals surface area contributed by atoms with Gasteiger partial charge < -0.3 is 5.11 Å². The summed E-state index contributed by atoms with van der Waals surface area (Å²) in [4.78, 5) is 5.84. The molecule has 2 nitrogen and oxygen atoms in total. The molecule has 1 aromatic carbocycles. The van der Waals surface area contributed by atoms with E-state index in [-0.39, 0.29) is 0 Å². The highest BCUT2D eigenvalue weighted by atomic mass is 32.1. The molecule has 1 N–H and O–H groups in total. The molecular formula is C16H19NOS. The highest BCUT2D eigenvalue weighted by Gasteiger charge is 2.34. The third-order valence-electron chi connectivity index (χ3n) is 3.44. The maximum Gasteiger partial charge on any atom is 0.123 e. The average Bonchev–Trinajstić information content (AvgIpc) is 3.06. The first kappa shape index (κ1) is 12.8. The fourth-order valence-electron chi connectivity index (χ4n) is 2.31. The van der Waals surface area contributed by atoms with Gasteiger partial charge in [-0.15, -0.1) is 11.3 Å². The van der Waals surface area contributed by atoms with Gasteiger partial charge in [0.1, 0.15) is 5.01 Å². The van der Waals surface area contributed by atoms with Crippen LogP contribution in [0.25, 0.3) is 10.6 Å². The molecule has 0 radical (unpaired) electrons. The second kappa shape index (κ2) is 4.43. The van der Waals surface area contributed by atoms with Crippen molar-refractivity contribution in [2.24, 2.45) is 0 Å². The molecule has 2 aromatic rings. The number of thiazole rings is 1. The van der Waals surface area contributed by atoms with Crippen molar-refractivity contribution in [2.75, 3.05) is 0 Å². The van der Waals surface area contributed by atoms with Crippen LogP contribution < -0.4 is 0 Å². The Hall–Kier alpha value is -1.19. The van der Waals surface area contributed by atoms with Crippen molar-refractivity contribution in [3.8, 4) is 10.6 Å². The minimum atomic E-state index is -0.794. The van der Waals surface area contributed by atoms with Crippen LogP contribution >= 0.6 is 11.3 Å². The molecule has 1 aliphatic carbocycles. The molecule has 3 rings (SSSR count). The summed E-state index contributed by atoms with van der Waals surface area (Å²) in [5, 5.41) is 11.4. The predicted octanol–water partition coefficient (Wildman–Crippen LogP) is 4.22. The molecular weight excluding hydrogens is 254 g/mol. The number of aromatic nitrogens is 1. The van der Waals surface area contributed by atoms with Crippen molar-refractivity contribution in [1.82, 2.24) is 4.98 Å². The van der Waals surface area contributed by atoms with E-state index in [0.717, 1.165) is 21.1 Å². The first-order valence-corrected chi connectivity index (χ1v) is 7.57. The van der Waals surface area contributed by atoms with Crippen LogP contribution in [0.1, 0.15) is 48.7 Å². The average molecular weight is 273 g/mol.